The lowest BCUT2D eigenvalue weighted by Crippen LogP contribution is -2.11. The number of alkyl halides is 1. The quantitative estimate of drug-likeness (QED) is 0.832. The van der Waals surface area contributed by atoms with Crippen LogP contribution >= 0.6 is 11.6 Å². The standard InChI is InChI=1S/C10H11ClN4O3S/c1-6(11)9-14-15-10(18-9)13-7-2-4-8(5-3-7)19(12,16)17/h2-6H,1H3,(H,13,15)(H2,12,16,17). The fraction of sp³-hybridized carbons (Fsp3) is 0.200. The van der Waals surface area contributed by atoms with E-state index in [0.29, 0.717) is 11.6 Å². The average molecular weight is 303 g/mol. The van der Waals surface area contributed by atoms with Gasteiger partial charge in [0.1, 0.15) is 5.38 Å². The summed E-state index contributed by atoms with van der Waals surface area (Å²) >= 11 is 5.79. The first-order valence-electron chi connectivity index (χ1n) is 5.23. The molecule has 0 radical (unpaired) electrons. The molecule has 1 atom stereocenters. The van der Waals surface area contributed by atoms with E-state index in [2.05, 4.69) is 15.5 Å². The first kappa shape index (κ1) is 13.8. The molecule has 19 heavy (non-hydrogen) atoms. The highest BCUT2D eigenvalue weighted by Crippen LogP contribution is 2.22. The Morgan fingerprint density at radius 1 is 1.32 bits per heavy atom. The molecule has 2 rings (SSSR count). The second kappa shape index (κ2) is 5.16. The molecular formula is C10H11ClN4O3S. The second-order valence-electron chi connectivity index (χ2n) is 3.76. The summed E-state index contributed by atoms with van der Waals surface area (Å²) in [5.41, 5.74) is 0.588. The lowest BCUT2D eigenvalue weighted by Gasteiger charge is -2.02. The van der Waals surface area contributed by atoms with Crippen LogP contribution in [-0.4, -0.2) is 18.6 Å². The monoisotopic (exact) mass is 302 g/mol. The zero-order valence-corrected chi connectivity index (χ0v) is 11.4. The van der Waals surface area contributed by atoms with Gasteiger partial charge in [-0.25, -0.2) is 13.6 Å². The number of nitrogens with one attached hydrogen (secondary N) is 1. The number of hydrogen-bond donors (Lipinski definition) is 2. The van der Waals surface area contributed by atoms with Crippen molar-refractivity contribution in [1.29, 1.82) is 0 Å². The number of primary sulfonamides is 1. The van der Waals surface area contributed by atoms with E-state index in [9.17, 15) is 8.42 Å². The van der Waals surface area contributed by atoms with Gasteiger partial charge in [0, 0.05) is 5.69 Å². The maximum Gasteiger partial charge on any atom is 0.320 e. The van der Waals surface area contributed by atoms with Crippen LogP contribution in [0.1, 0.15) is 18.2 Å². The zero-order chi connectivity index (χ0) is 14.0. The van der Waals surface area contributed by atoms with Crippen molar-refractivity contribution in [2.24, 2.45) is 5.14 Å². The minimum Gasteiger partial charge on any atom is -0.406 e. The van der Waals surface area contributed by atoms with Gasteiger partial charge in [-0.3, -0.25) is 0 Å². The van der Waals surface area contributed by atoms with Crippen LogP contribution < -0.4 is 10.5 Å². The highest BCUT2D eigenvalue weighted by molar-refractivity contribution is 7.89. The van der Waals surface area contributed by atoms with Crippen molar-refractivity contribution in [3.05, 3.63) is 30.2 Å². The van der Waals surface area contributed by atoms with E-state index >= 15 is 0 Å². The van der Waals surface area contributed by atoms with Crippen molar-refractivity contribution >= 4 is 33.3 Å². The molecule has 0 spiro atoms. The van der Waals surface area contributed by atoms with Crippen LogP contribution in [0.25, 0.3) is 0 Å². The van der Waals surface area contributed by atoms with Gasteiger partial charge in [0.05, 0.1) is 4.90 Å². The number of anilines is 2. The Bertz CT molecular complexity index is 666. The molecule has 0 bridgehead atoms. The fourth-order valence-corrected chi connectivity index (χ4v) is 1.90. The molecule has 0 saturated carbocycles. The van der Waals surface area contributed by atoms with Crippen LogP contribution in [-0.2, 0) is 10.0 Å². The van der Waals surface area contributed by atoms with Gasteiger partial charge in [0.2, 0.25) is 15.9 Å². The van der Waals surface area contributed by atoms with Crippen molar-refractivity contribution in [2.45, 2.75) is 17.2 Å². The van der Waals surface area contributed by atoms with Gasteiger partial charge >= 0.3 is 6.01 Å². The molecule has 3 N–H and O–H groups in total. The molecule has 1 aromatic carbocycles. The first-order valence-corrected chi connectivity index (χ1v) is 7.22. The molecular weight excluding hydrogens is 292 g/mol. The van der Waals surface area contributed by atoms with Crippen LogP contribution in [0.15, 0.2) is 33.6 Å². The summed E-state index contributed by atoms with van der Waals surface area (Å²) in [4.78, 5) is 0.0265. The highest BCUT2D eigenvalue weighted by atomic mass is 35.5. The van der Waals surface area contributed by atoms with Gasteiger partial charge in [0.15, 0.2) is 0 Å². The summed E-state index contributed by atoms with van der Waals surface area (Å²) in [5.74, 6) is 0.297. The molecule has 1 unspecified atom stereocenters. The van der Waals surface area contributed by atoms with Crippen LogP contribution in [0.3, 0.4) is 0 Å². The molecule has 0 aliphatic carbocycles. The van der Waals surface area contributed by atoms with Crippen LogP contribution in [0.4, 0.5) is 11.7 Å². The van der Waals surface area contributed by atoms with Crippen LogP contribution in [0.5, 0.6) is 0 Å². The molecule has 0 amide bonds. The Kier molecular flexibility index (Phi) is 3.74. The molecule has 9 heteroatoms. The van der Waals surface area contributed by atoms with E-state index in [1.54, 1.807) is 6.92 Å². The zero-order valence-electron chi connectivity index (χ0n) is 9.87. The number of sulfonamides is 1. The Morgan fingerprint density at radius 3 is 2.42 bits per heavy atom. The summed E-state index contributed by atoms with van der Waals surface area (Å²) in [6.45, 7) is 1.71. The van der Waals surface area contributed by atoms with Crippen molar-refractivity contribution in [1.82, 2.24) is 10.2 Å². The maximum atomic E-state index is 11.1. The molecule has 0 aliphatic rings. The van der Waals surface area contributed by atoms with E-state index < -0.39 is 10.0 Å². The van der Waals surface area contributed by atoms with Gasteiger partial charge in [-0.1, -0.05) is 5.10 Å². The summed E-state index contributed by atoms with van der Waals surface area (Å²) in [5, 5.41) is 14.9. The third kappa shape index (κ3) is 3.43. The van der Waals surface area contributed by atoms with Gasteiger partial charge in [-0.2, -0.15) is 0 Å². The number of aromatic nitrogens is 2. The summed E-state index contributed by atoms with van der Waals surface area (Å²) < 4.78 is 27.4. The lowest BCUT2D eigenvalue weighted by molar-refractivity contribution is 0.510. The number of nitrogens with zero attached hydrogens (tertiary/aromatic N) is 2. The molecule has 2 aromatic rings. The van der Waals surface area contributed by atoms with E-state index in [0.717, 1.165) is 0 Å². The molecule has 0 aliphatic heterocycles. The van der Waals surface area contributed by atoms with E-state index in [1.165, 1.54) is 24.3 Å². The number of nitrogens with two attached hydrogens (primary N) is 1. The van der Waals surface area contributed by atoms with Crippen molar-refractivity contribution in [3.63, 3.8) is 0 Å². The van der Waals surface area contributed by atoms with Gasteiger partial charge < -0.3 is 9.73 Å². The second-order valence-corrected chi connectivity index (χ2v) is 5.97. The van der Waals surface area contributed by atoms with Crippen molar-refractivity contribution in [3.8, 4) is 0 Å². The van der Waals surface area contributed by atoms with Gasteiger partial charge in [0.25, 0.3) is 0 Å². The topological polar surface area (TPSA) is 111 Å². The third-order valence-electron chi connectivity index (χ3n) is 2.22. The number of halogens is 1. The number of benzene rings is 1. The highest BCUT2D eigenvalue weighted by Gasteiger charge is 2.11. The van der Waals surface area contributed by atoms with E-state index in [4.69, 9.17) is 21.2 Å². The van der Waals surface area contributed by atoms with E-state index in [-0.39, 0.29) is 16.3 Å². The molecule has 102 valence electrons. The minimum absolute atomic E-state index is 0.0265. The first-order chi connectivity index (χ1) is 8.86. The summed E-state index contributed by atoms with van der Waals surface area (Å²) in [7, 11) is -3.70. The predicted octanol–water partition coefficient (Wildman–Crippen LogP) is 1.76. The SMILES string of the molecule is CC(Cl)c1nnc(Nc2ccc(S(N)(=O)=O)cc2)o1. The maximum absolute atomic E-state index is 11.1. The number of hydrogen-bond acceptors (Lipinski definition) is 6. The Labute approximate surface area is 114 Å². The smallest absolute Gasteiger partial charge is 0.320 e. The summed E-state index contributed by atoms with van der Waals surface area (Å²) in [6, 6.07) is 5.99. The van der Waals surface area contributed by atoms with E-state index in [1.807, 2.05) is 0 Å². The minimum atomic E-state index is -3.70. The molecule has 1 heterocycles. The lowest BCUT2D eigenvalue weighted by atomic mass is 10.3. The average Bonchev–Trinajstić information content (AvgIpc) is 2.77. The van der Waals surface area contributed by atoms with Crippen LogP contribution in [0.2, 0.25) is 0 Å². The molecule has 0 fully saturated rings. The van der Waals surface area contributed by atoms with Gasteiger partial charge in [-0.05, 0) is 31.2 Å². The Morgan fingerprint density at radius 2 is 1.95 bits per heavy atom. The fourth-order valence-electron chi connectivity index (χ4n) is 1.30. The van der Waals surface area contributed by atoms with Gasteiger partial charge in [-0.15, -0.1) is 16.7 Å². The molecule has 1 aromatic heterocycles. The Hall–Kier alpha value is -1.64. The van der Waals surface area contributed by atoms with Crippen LogP contribution in [0, 0.1) is 0 Å². The number of rotatable bonds is 4. The predicted molar refractivity (Wildman–Crippen MR) is 69.7 cm³/mol. The Balaban J connectivity index is 2.15. The third-order valence-corrected chi connectivity index (χ3v) is 3.33. The normalized spacial score (nSPS) is 13.2. The van der Waals surface area contributed by atoms with Crippen molar-refractivity contribution < 1.29 is 12.8 Å². The summed E-state index contributed by atoms with van der Waals surface area (Å²) in [6.07, 6.45) is 0. The largest absolute Gasteiger partial charge is 0.406 e. The molecule has 0 saturated heterocycles. The van der Waals surface area contributed by atoms with Crippen molar-refractivity contribution in [2.75, 3.05) is 5.32 Å². The molecule has 7 nitrogen and oxygen atoms in total.